The van der Waals surface area contributed by atoms with Crippen LogP contribution >= 0.6 is 11.8 Å². The molecule has 0 saturated carbocycles. The minimum absolute atomic E-state index is 0.280. The summed E-state index contributed by atoms with van der Waals surface area (Å²) >= 11 is 1.62. The molecule has 0 radical (unpaired) electrons. The Bertz CT molecular complexity index is 767. The fourth-order valence-electron chi connectivity index (χ4n) is 1.87. The van der Waals surface area contributed by atoms with Gasteiger partial charge in [-0.05, 0) is 30.9 Å². The van der Waals surface area contributed by atoms with E-state index in [1.54, 1.807) is 18.7 Å². The number of aromatic amines is 1. The zero-order valence-corrected chi connectivity index (χ0v) is 13.3. The molecule has 1 heterocycles. The van der Waals surface area contributed by atoms with Crippen molar-refractivity contribution in [3.05, 3.63) is 58.5 Å². The van der Waals surface area contributed by atoms with Gasteiger partial charge < -0.3 is 4.98 Å². The smallest absolute Gasteiger partial charge is 0.246 e. The lowest BCUT2D eigenvalue weighted by Gasteiger charge is -2.14. The normalized spacial score (nSPS) is 13.0. The molecule has 0 bridgehead atoms. The van der Waals surface area contributed by atoms with Gasteiger partial charge in [0.1, 0.15) is 4.90 Å². The maximum Gasteiger partial charge on any atom is 0.246 e. The van der Waals surface area contributed by atoms with E-state index < -0.39 is 21.5 Å². The van der Waals surface area contributed by atoms with Crippen molar-refractivity contribution in [1.82, 2.24) is 9.71 Å². The molecule has 0 aliphatic carbocycles. The molecular formula is C14H16N2O3S2. The van der Waals surface area contributed by atoms with E-state index in [4.69, 9.17) is 0 Å². The van der Waals surface area contributed by atoms with Gasteiger partial charge in [0.15, 0.2) is 0 Å². The van der Waals surface area contributed by atoms with Crippen LogP contribution in [0.2, 0.25) is 0 Å². The SMILES string of the molecule is CSc1ccc(C(C)NS(=O)(=O)c2c[nH]ccc2=O)cc1. The molecule has 0 saturated heterocycles. The van der Waals surface area contributed by atoms with Crippen molar-refractivity contribution in [3.63, 3.8) is 0 Å². The topological polar surface area (TPSA) is 79.0 Å². The van der Waals surface area contributed by atoms with E-state index in [0.717, 1.165) is 10.5 Å². The minimum atomic E-state index is -3.85. The maximum atomic E-state index is 12.2. The Morgan fingerprint density at radius 3 is 2.43 bits per heavy atom. The number of sulfonamides is 1. The van der Waals surface area contributed by atoms with Gasteiger partial charge in [0, 0.05) is 29.4 Å². The summed E-state index contributed by atoms with van der Waals surface area (Å²) in [6, 6.07) is 8.36. The number of hydrogen-bond acceptors (Lipinski definition) is 4. The van der Waals surface area contributed by atoms with Gasteiger partial charge >= 0.3 is 0 Å². The summed E-state index contributed by atoms with van der Waals surface area (Å²) in [4.78, 5) is 15.1. The van der Waals surface area contributed by atoms with Gasteiger partial charge in [0.25, 0.3) is 0 Å². The molecule has 0 spiro atoms. The summed E-state index contributed by atoms with van der Waals surface area (Å²) in [5.74, 6) is 0. The van der Waals surface area contributed by atoms with Crippen molar-refractivity contribution in [2.45, 2.75) is 22.8 Å². The average molecular weight is 324 g/mol. The van der Waals surface area contributed by atoms with Crippen molar-refractivity contribution >= 4 is 21.8 Å². The molecular weight excluding hydrogens is 308 g/mol. The third-order valence-corrected chi connectivity index (χ3v) is 5.33. The Labute approximate surface area is 127 Å². The first-order chi connectivity index (χ1) is 9.94. The summed E-state index contributed by atoms with van der Waals surface area (Å²) in [7, 11) is -3.85. The fraction of sp³-hybridized carbons (Fsp3) is 0.214. The third-order valence-electron chi connectivity index (χ3n) is 3.03. The Morgan fingerprint density at radius 1 is 1.19 bits per heavy atom. The molecule has 0 fully saturated rings. The summed E-state index contributed by atoms with van der Waals surface area (Å²) in [5, 5.41) is 0. The van der Waals surface area contributed by atoms with Crippen LogP contribution in [0.1, 0.15) is 18.5 Å². The molecule has 5 nitrogen and oxygen atoms in total. The highest BCUT2D eigenvalue weighted by atomic mass is 32.2. The van der Waals surface area contributed by atoms with Gasteiger partial charge in [-0.1, -0.05) is 12.1 Å². The Morgan fingerprint density at radius 2 is 1.86 bits per heavy atom. The molecule has 0 aliphatic rings. The van der Waals surface area contributed by atoms with Gasteiger partial charge in [-0.15, -0.1) is 11.8 Å². The third kappa shape index (κ3) is 3.75. The molecule has 21 heavy (non-hydrogen) atoms. The first-order valence-electron chi connectivity index (χ1n) is 6.27. The largest absolute Gasteiger partial charge is 0.366 e. The predicted molar refractivity (Wildman–Crippen MR) is 84.0 cm³/mol. The van der Waals surface area contributed by atoms with Crippen molar-refractivity contribution in [2.75, 3.05) is 6.26 Å². The van der Waals surface area contributed by atoms with Crippen molar-refractivity contribution in [3.8, 4) is 0 Å². The zero-order chi connectivity index (χ0) is 15.5. The second-order valence-corrected chi connectivity index (χ2v) is 7.05. The van der Waals surface area contributed by atoms with Crippen molar-refractivity contribution in [2.24, 2.45) is 0 Å². The molecule has 0 amide bonds. The van der Waals surface area contributed by atoms with E-state index in [0.29, 0.717) is 0 Å². The van der Waals surface area contributed by atoms with Crippen LogP contribution in [0, 0.1) is 0 Å². The molecule has 2 aromatic rings. The molecule has 2 N–H and O–H groups in total. The van der Waals surface area contributed by atoms with Crippen molar-refractivity contribution < 1.29 is 8.42 Å². The van der Waals surface area contributed by atoms with Crippen LogP contribution in [0.25, 0.3) is 0 Å². The number of H-pyrrole nitrogens is 1. The molecule has 112 valence electrons. The van der Waals surface area contributed by atoms with Gasteiger partial charge in [-0.3, -0.25) is 4.79 Å². The van der Waals surface area contributed by atoms with Crippen LogP contribution in [0.5, 0.6) is 0 Å². The van der Waals surface area contributed by atoms with Gasteiger partial charge in [0.05, 0.1) is 0 Å². The quantitative estimate of drug-likeness (QED) is 0.826. The van der Waals surface area contributed by atoms with Crippen LogP contribution < -0.4 is 10.2 Å². The molecule has 2 rings (SSSR count). The summed E-state index contributed by atoms with van der Waals surface area (Å²) in [5.41, 5.74) is 0.301. The van der Waals surface area contributed by atoms with Gasteiger partial charge in [-0.25, -0.2) is 13.1 Å². The first-order valence-corrected chi connectivity index (χ1v) is 8.98. The molecule has 1 aromatic carbocycles. The number of thioether (sulfide) groups is 1. The van der Waals surface area contributed by atoms with E-state index in [9.17, 15) is 13.2 Å². The Kier molecular flexibility index (Phi) is 4.87. The summed E-state index contributed by atoms with van der Waals surface area (Å²) < 4.78 is 27.0. The highest BCUT2D eigenvalue weighted by molar-refractivity contribution is 7.98. The lowest BCUT2D eigenvalue weighted by atomic mass is 10.1. The number of aromatic nitrogens is 1. The van der Waals surface area contributed by atoms with E-state index >= 15 is 0 Å². The summed E-state index contributed by atoms with van der Waals surface area (Å²) in [6.45, 7) is 1.74. The lowest BCUT2D eigenvalue weighted by molar-refractivity contribution is 0.565. The average Bonchev–Trinajstić information content (AvgIpc) is 2.47. The second kappa shape index (κ2) is 6.46. The number of rotatable bonds is 5. The second-order valence-electron chi connectivity index (χ2n) is 4.49. The molecule has 1 unspecified atom stereocenters. The number of benzene rings is 1. The zero-order valence-electron chi connectivity index (χ0n) is 11.7. The summed E-state index contributed by atoms with van der Waals surface area (Å²) in [6.07, 6.45) is 4.56. The predicted octanol–water partition coefficient (Wildman–Crippen LogP) is 2.14. The Balaban J connectivity index is 2.23. The van der Waals surface area contributed by atoms with Crippen LogP contribution in [0.15, 0.2) is 57.3 Å². The van der Waals surface area contributed by atoms with Gasteiger partial charge in [0.2, 0.25) is 15.5 Å². The number of pyridine rings is 1. The lowest BCUT2D eigenvalue weighted by Crippen LogP contribution is -2.30. The first kappa shape index (κ1) is 15.8. The Hall–Kier alpha value is -1.57. The van der Waals surface area contributed by atoms with Crippen LogP contribution in [0.4, 0.5) is 0 Å². The van der Waals surface area contributed by atoms with E-state index in [2.05, 4.69) is 9.71 Å². The highest BCUT2D eigenvalue weighted by Gasteiger charge is 2.20. The highest BCUT2D eigenvalue weighted by Crippen LogP contribution is 2.20. The van der Waals surface area contributed by atoms with E-state index in [1.807, 2.05) is 30.5 Å². The van der Waals surface area contributed by atoms with Crippen LogP contribution in [-0.2, 0) is 10.0 Å². The standard InChI is InChI=1S/C14H16N2O3S2/c1-10(11-3-5-12(20-2)6-4-11)16-21(18,19)14-9-15-8-7-13(14)17/h3-10,16H,1-2H3,(H,15,17). The van der Waals surface area contributed by atoms with Crippen LogP contribution in [-0.4, -0.2) is 19.7 Å². The van der Waals surface area contributed by atoms with Crippen molar-refractivity contribution in [1.29, 1.82) is 0 Å². The van der Waals surface area contributed by atoms with E-state index in [1.165, 1.54) is 18.5 Å². The van der Waals surface area contributed by atoms with Gasteiger partial charge in [-0.2, -0.15) is 0 Å². The number of hydrogen-bond donors (Lipinski definition) is 2. The molecule has 7 heteroatoms. The van der Waals surface area contributed by atoms with E-state index in [-0.39, 0.29) is 4.90 Å². The number of nitrogens with one attached hydrogen (secondary N) is 2. The van der Waals surface area contributed by atoms with Crippen LogP contribution in [0.3, 0.4) is 0 Å². The molecule has 1 atom stereocenters. The molecule has 0 aliphatic heterocycles. The fourth-order valence-corrected chi connectivity index (χ4v) is 3.56. The monoisotopic (exact) mass is 324 g/mol. The maximum absolute atomic E-state index is 12.2. The minimum Gasteiger partial charge on any atom is -0.366 e. The molecule has 1 aromatic heterocycles.